The first-order chi connectivity index (χ1) is 15.4. The van der Waals surface area contributed by atoms with E-state index in [-0.39, 0.29) is 5.56 Å². The molecule has 7 heteroatoms. The van der Waals surface area contributed by atoms with Crippen molar-refractivity contribution in [3.05, 3.63) is 105 Å². The molecule has 0 amide bonds. The van der Waals surface area contributed by atoms with E-state index in [2.05, 4.69) is 15.3 Å². The number of halogens is 2. The van der Waals surface area contributed by atoms with Gasteiger partial charge in [-0.2, -0.15) is 4.98 Å². The third-order valence-electron chi connectivity index (χ3n) is 5.20. The van der Waals surface area contributed by atoms with Crippen molar-refractivity contribution in [2.24, 2.45) is 0 Å². The molecular formula is C25H22ClFN4O. The number of aromatic nitrogens is 3. The summed E-state index contributed by atoms with van der Waals surface area (Å²) in [5, 5.41) is 3.62. The van der Waals surface area contributed by atoms with Crippen molar-refractivity contribution in [3.63, 3.8) is 0 Å². The van der Waals surface area contributed by atoms with Crippen molar-refractivity contribution >= 4 is 23.2 Å². The first-order valence-corrected chi connectivity index (χ1v) is 10.6. The van der Waals surface area contributed by atoms with Crippen molar-refractivity contribution in [2.75, 3.05) is 5.32 Å². The number of aryl methyl sites for hydroxylation is 2. The summed E-state index contributed by atoms with van der Waals surface area (Å²) in [5.74, 6) is -0.0363. The van der Waals surface area contributed by atoms with Gasteiger partial charge in [0.25, 0.3) is 5.56 Å². The Labute approximate surface area is 190 Å². The maximum Gasteiger partial charge on any atom is 0.277 e. The van der Waals surface area contributed by atoms with Crippen molar-refractivity contribution < 1.29 is 4.39 Å². The maximum atomic E-state index is 13.9. The molecule has 0 spiro atoms. The molecule has 0 aliphatic rings. The van der Waals surface area contributed by atoms with E-state index in [1.807, 2.05) is 48.7 Å². The van der Waals surface area contributed by atoms with Gasteiger partial charge in [0.05, 0.1) is 6.54 Å². The minimum Gasteiger partial charge on any atom is -0.325 e. The van der Waals surface area contributed by atoms with Gasteiger partial charge in [-0.3, -0.25) is 9.78 Å². The molecule has 2 aromatic heterocycles. The molecule has 0 fully saturated rings. The van der Waals surface area contributed by atoms with Gasteiger partial charge in [0.2, 0.25) is 5.95 Å². The molecule has 2 aromatic carbocycles. The lowest BCUT2D eigenvalue weighted by molar-refractivity contribution is 0.623. The minimum atomic E-state index is -0.410. The molecule has 4 aromatic rings. The fourth-order valence-corrected chi connectivity index (χ4v) is 3.73. The standard InChI is InChI=1S/C25H22ClFN4O/c1-3-18-15-31(14-17-9-21(26)12-22(27)10-17)25(30-24(18)32)29-23-11-19(7-6-16(23)2)20-5-4-8-28-13-20/h4-13,15H,3,14H2,1-2H3,(H,29,30,32). The number of pyridine rings is 1. The number of hydrogen-bond donors (Lipinski definition) is 1. The normalized spacial score (nSPS) is 10.9. The zero-order chi connectivity index (χ0) is 22.7. The average Bonchev–Trinajstić information content (AvgIpc) is 2.77. The van der Waals surface area contributed by atoms with Crippen LogP contribution in [-0.2, 0) is 13.0 Å². The molecule has 162 valence electrons. The largest absolute Gasteiger partial charge is 0.325 e. The topological polar surface area (TPSA) is 59.8 Å². The molecule has 0 aliphatic carbocycles. The number of nitrogens with one attached hydrogen (secondary N) is 1. The number of hydrogen-bond acceptors (Lipinski definition) is 4. The summed E-state index contributed by atoms with van der Waals surface area (Å²) >= 11 is 6.03. The van der Waals surface area contributed by atoms with Crippen molar-refractivity contribution in [1.82, 2.24) is 14.5 Å². The third kappa shape index (κ3) is 4.86. The second-order valence-corrected chi connectivity index (χ2v) is 7.99. The number of rotatable bonds is 6. The van der Waals surface area contributed by atoms with Gasteiger partial charge in [0.1, 0.15) is 5.82 Å². The summed E-state index contributed by atoms with van der Waals surface area (Å²) in [5.41, 5.74) is 4.74. The molecule has 32 heavy (non-hydrogen) atoms. The maximum absolute atomic E-state index is 13.9. The minimum absolute atomic E-state index is 0.287. The van der Waals surface area contributed by atoms with Crippen LogP contribution < -0.4 is 10.9 Å². The van der Waals surface area contributed by atoms with Gasteiger partial charge in [0.15, 0.2) is 0 Å². The van der Waals surface area contributed by atoms with Crippen molar-refractivity contribution in [2.45, 2.75) is 26.8 Å². The molecule has 4 rings (SSSR count). The Hall–Kier alpha value is -3.51. The fraction of sp³-hybridized carbons (Fsp3) is 0.160. The van der Waals surface area contributed by atoms with E-state index in [4.69, 9.17) is 11.6 Å². The van der Waals surface area contributed by atoms with Crippen LogP contribution >= 0.6 is 11.6 Å². The average molecular weight is 449 g/mol. The number of benzene rings is 2. The van der Waals surface area contributed by atoms with Gasteiger partial charge in [-0.25, -0.2) is 4.39 Å². The molecule has 0 bridgehead atoms. The van der Waals surface area contributed by atoms with Crippen LogP contribution in [0.3, 0.4) is 0 Å². The highest BCUT2D eigenvalue weighted by molar-refractivity contribution is 6.30. The van der Waals surface area contributed by atoms with E-state index < -0.39 is 5.82 Å². The summed E-state index contributed by atoms with van der Waals surface area (Å²) in [4.78, 5) is 21.0. The Kier molecular flexibility index (Phi) is 6.32. The molecule has 0 atom stereocenters. The molecule has 5 nitrogen and oxygen atoms in total. The van der Waals surface area contributed by atoms with Gasteiger partial charge in [0, 0.05) is 40.4 Å². The lowest BCUT2D eigenvalue weighted by Gasteiger charge is -2.17. The van der Waals surface area contributed by atoms with E-state index in [0.717, 1.165) is 22.4 Å². The van der Waals surface area contributed by atoms with Crippen LogP contribution in [0.1, 0.15) is 23.6 Å². The van der Waals surface area contributed by atoms with Crippen LogP contribution in [0.4, 0.5) is 16.0 Å². The second kappa shape index (κ2) is 9.32. The van der Waals surface area contributed by atoms with Crippen LogP contribution in [0, 0.1) is 12.7 Å². The molecule has 0 aliphatic heterocycles. The molecule has 1 N–H and O–H groups in total. The lowest BCUT2D eigenvalue weighted by atomic mass is 10.0. The molecule has 0 saturated carbocycles. The molecule has 0 radical (unpaired) electrons. The first-order valence-electron chi connectivity index (χ1n) is 10.3. The number of anilines is 2. The van der Waals surface area contributed by atoms with Gasteiger partial charge >= 0.3 is 0 Å². The number of nitrogens with zero attached hydrogens (tertiary/aromatic N) is 3. The summed E-state index contributed by atoms with van der Waals surface area (Å²) in [6, 6.07) is 14.3. The quantitative estimate of drug-likeness (QED) is 0.407. The Bertz CT molecular complexity index is 1300. The van der Waals surface area contributed by atoms with Crippen LogP contribution in [0.15, 0.2) is 71.9 Å². The highest BCUT2D eigenvalue weighted by atomic mass is 35.5. The van der Waals surface area contributed by atoms with Gasteiger partial charge < -0.3 is 9.88 Å². The summed E-state index contributed by atoms with van der Waals surface area (Å²) < 4.78 is 15.7. The van der Waals surface area contributed by atoms with Crippen molar-refractivity contribution in [1.29, 1.82) is 0 Å². The van der Waals surface area contributed by atoms with E-state index in [0.29, 0.717) is 35.1 Å². The van der Waals surface area contributed by atoms with E-state index >= 15 is 0 Å². The van der Waals surface area contributed by atoms with Crippen LogP contribution in [0.5, 0.6) is 0 Å². The predicted octanol–water partition coefficient (Wildman–Crippen LogP) is 5.76. The zero-order valence-electron chi connectivity index (χ0n) is 17.8. The molecule has 2 heterocycles. The van der Waals surface area contributed by atoms with Gasteiger partial charge in [-0.1, -0.05) is 36.7 Å². The first kappa shape index (κ1) is 21.7. The monoisotopic (exact) mass is 448 g/mol. The SMILES string of the molecule is CCc1cn(Cc2cc(F)cc(Cl)c2)c(Nc2cc(-c3cccnc3)ccc2C)nc1=O. The molecular weight excluding hydrogens is 427 g/mol. The van der Waals surface area contributed by atoms with E-state index in [9.17, 15) is 9.18 Å². The Morgan fingerprint density at radius 3 is 2.69 bits per heavy atom. The van der Waals surface area contributed by atoms with Gasteiger partial charge in [-0.05, 0) is 60.4 Å². The molecule has 0 saturated heterocycles. The fourth-order valence-electron chi connectivity index (χ4n) is 3.49. The summed E-state index contributed by atoms with van der Waals surface area (Å²) in [6.07, 6.45) is 5.84. The third-order valence-corrected chi connectivity index (χ3v) is 5.42. The van der Waals surface area contributed by atoms with E-state index in [1.54, 1.807) is 24.7 Å². The lowest BCUT2D eigenvalue weighted by Crippen LogP contribution is -2.20. The smallest absolute Gasteiger partial charge is 0.277 e. The Morgan fingerprint density at radius 1 is 1.12 bits per heavy atom. The van der Waals surface area contributed by atoms with Gasteiger partial charge in [-0.15, -0.1) is 0 Å². The summed E-state index contributed by atoms with van der Waals surface area (Å²) in [6.45, 7) is 4.18. The van der Waals surface area contributed by atoms with Crippen molar-refractivity contribution in [3.8, 4) is 11.1 Å². The van der Waals surface area contributed by atoms with Crippen LogP contribution in [0.2, 0.25) is 5.02 Å². The Morgan fingerprint density at radius 2 is 1.97 bits per heavy atom. The zero-order valence-corrected chi connectivity index (χ0v) is 18.5. The molecule has 0 unspecified atom stereocenters. The van der Waals surface area contributed by atoms with Crippen LogP contribution in [0.25, 0.3) is 11.1 Å². The Balaban J connectivity index is 1.75. The predicted molar refractivity (Wildman–Crippen MR) is 126 cm³/mol. The second-order valence-electron chi connectivity index (χ2n) is 7.55. The van der Waals surface area contributed by atoms with Crippen LogP contribution in [-0.4, -0.2) is 14.5 Å². The van der Waals surface area contributed by atoms with E-state index in [1.165, 1.54) is 12.1 Å². The summed E-state index contributed by atoms with van der Waals surface area (Å²) in [7, 11) is 0. The highest BCUT2D eigenvalue weighted by Gasteiger charge is 2.12. The highest BCUT2D eigenvalue weighted by Crippen LogP contribution is 2.27.